The summed E-state index contributed by atoms with van der Waals surface area (Å²) in [5.41, 5.74) is 10.4. The van der Waals surface area contributed by atoms with Crippen LogP contribution in [0.4, 0.5) is 0 Å². The predicted octanol–water partition coefficient (Wildman–Crippen LogP) is -0.142. The fraction of sp³-hybridized carbons (Fsp3) is 0.556. The van der Waals surface area contributed by atoms with Gasteiger partial charge in [0.15, 0.2) is 0 Å². The van der Waals surface area contributed by atoms with Crippen molar-refractivity contribution < 1.29 is 9.90 Å². The standard InChI is InChI=1S/C6H11N3.C3H7NO2/c1-5(7)6-8-3-4-9(6)2;1-2(4)3(5)6/h3-5H,7H2,1-2H3;2H,4H2,1H3,(H,5,6). The molecular weight excluding hydrogens is 196 g/mol. The zero-order valence-electron chi connectivity index (χ0n) is 9.21. The van der Waals surface area contributed by atoms with Crippen LogP contribution in [0.3, 0.4) is 0 Å². The van der Waals surface area contributed by atoms with Gasteiger partial charge in [0.05, 0.1) is 6.04 Å². The van der Waals surface area contributed by atoms with Gasteiger partial charge < -0.3 is 21.1 Å². The van der Waals surface area contributed by atoms with Gasteiger partial charge in [-0.3, -0.25) is 4.79 Å². The molecule has 1 aromatic heterocycles. The van der Waals surface area contributed by atoms with Crippen LogP contribution in [0.25, 0.3) is 0 Å². The topological polar surface area (TPSA) is 107 Å². The number of rotatable bonds is 2. The number of hydrogen-bond acceptors (Lipinski definition) is 4. The first-order valence-corrected chi connectivity index (χ1v) is 4.57. The third kappa shape index (κ3) is 5.14. The number of aryl methyl sites for hydroxylation is 1. The Morgan fingerprint density at radius 3 is 2.13 bits per heavy atom. The van der Waals surface area contributed by atoms with Crippen LogP contribution in [-0.2, 0) is 11.8 Å². The summed E-state index contributed by atoms with van der Waals surface area (Å²) in [6, 6.07) is -0.699. The largest absolute Gasteiger partial charge is 0.480 e. The zero-order valence-corrected chi connectivity index (χ0v) is 9.21. The molecule has 2 unspecified atom stereocenters. The maximum Gasteiger partial charge on any atom is 0.320 e. The Kier molecular flexibility index (Phi) is 5.58. The minimum absolute atomic E-state index is 0.0324. The van der Waals surface area contributed by atoms with Crippen molar-refractivity contribution in [1.82, 2.24) is 9.55 Å². The summed E-state index contributed by atoms with van der Waals surface area (Å²) in [5, 5.41) is 7.87. The summed E-state index contributed by atoms with van der Waals surface area (Å²) in [7, 11) is 1.94. The maximum atomic E-state index is 9.57. The Bertz CT molecular complexity index is 307. The number of aromatic nitrogens is 2. The number of nitrogens with two attached hydrogens (primary N) is 2. The SMILES string of the molecule is CC(N)C(=O)O.CC(N)c1nccn1C. The van der Waals surface area contributed by atoms with E-state index in [2.05, 4.69) is 4.98 Å². The van der Waals surface area contributed by atoms with Crippen molar-refractivity contribution in [1.29, 1.82) is 0 Å². The Labute approximate surface area is 88.9 Å². The number of carbonyl (C=O) groups is 1. The smallest absolute Gasteiger partial charge is 0.320 e. The molecule has 0 aliphatic rings. The lowest BCUT2D eigenvalue weighted by Gasteiger charge is -2.02. The van der Waals surface area contributed by atoms with Gasteiger partial charge in [0.2, 0.25) is 0 Å². The molecule has 0 amide bonds. The molecular formula is C9H18N4O2. The van der Waals surface area contributed by atoms with Gasteiger partial charge in [-0.2, -0.15) is 0 Å². The van der Waals surface area contributed by atoms with Crippen molar-refractivity contribution in [2.45, 2.75) is 25.9 Å². The monoisotopic (exact) mass is 214 g/mol. The molecule has 0 spiro atoms. The molecule has 1 rings (SSSR count). The summed E-state index contributed by atoms with van der Waals surface area (Å²) in [4.78, 5) is 13.6. The Balaban J connectivity index is 0.000000288. The fourth-order valence-electron chi connectivity index (χ4n) is 0.816. The highest BCUT2D eigenvalue weighted by Gasteiger charge is 2.02. The average Bonchev–Trinajstić information content (AvgIpc) is 2.52. The molecule has 0 radical (unpaired) electrons. The Morgan fingerprint density at radius 2 is 2.00 bits per heavy atom. The van der Waals surface area contributed by atoms with Gasteiger partial charge in [-0.05, 0) is 13.8 Å². The summed E-state index contributed by atoms with van der Waals surface area (Å²) in [5.74, 6) is -0.0370. The van der Waals surface area contributed by atoms with E-state index in [-0.39, 0.29) is 6.04 Å². The molecule has 1 aromatic rings. The Hall–Kier alpha value is -1.40. The predicted molar refractivity (Wildman–Crippen MR) is 57.1 cm³/mol. The lowest BCUT2D eigenvalue weighted by atomic mass is 10.3. The van der Waals surface area contributed by atoms with E-state index in [1.54, 1.807) is 6.20 Å². The zero-order chi connectivity index (χ0) is 12.0. The minimum atomic E-state index is -0.963. The first kappa shape index (κ1) is 13.6. The van der Waals surface area contributed by atoms with Crippen LogP contribution in [-0.4, -0.2) is 26.7 Å². The molecule has 0 aliphatic heterocycles. The normalized spacial score (nSPS) is 13.7. The molecule has 0 saturated carbocycles. The first-order valence-electron chi connectivity index (χ1n) is 4.57. The van der Waals surface area contributed by atoms with Crippen LogP contribution in [0.15, 0.2) is 12.4 Å². The maximum absolute atomic E-state index is 9.57. The van der Waals surface area contributed by atoms with Crippen molar-refractivity contribution in [2.24, 2.45) is 18.5 Å². The second-order valence-corrected chi connectivity index (χ2v) is 3.31. The molecule has 1 heterocycles. The van der Waals surface area contributed by atoms with E-state index in [0.717, 1.165) is 5.82 Å². The quantitative estimate of drug-likeness (QED) is 0.635. The minimum Gasteiger partial charge on any atom is -0.480 e. The third-order valence-corrected chi connectivity index (χ3v) is 1.66. The van der Waals surface area contributed by atoms with Crippen molar-refractivity contribution in [3.05, 3.63) is 18.2 Å². The molecule has 2 atom stereocenters. The van der Waals surface area contributed by atoms with E-state index in [4.69, 9.17) is 16.6 Å². The molecule has 0 aromatic carbocycles. The number of nitrogens with zero attached hydrogens (tertiary/aromatic N) is 2. The molecule has 0 fully saturated rings. The van der Waals surface area contributed by atoms with Gasteiger partial charge >= 0.3 is 5.97 Å². The second kappa shape index (κ2) is 6.15. The van der Waals surface area contributed by atoms with Crippen LogP contribution in [0, 0.1) is 0 Å². The molecule has 0 bridgehead atoms. The summed E-state index contributed by atoms with van der Waals surface area (Å²) < 4.78 is 1.92. The molecule has 86 valence electrons. The highest BCUT2D eigenvalue weighted by molar-refractivity contribution is 5.72. The number of carboxylic acids is 1. The molecule has 15 heavy (non-hydrogen) atoms. The molecule has 5 N–H and O–H groups in total. The fourth-order valence-corrected chi connectivity index (χ4v) is 0.816. The number of imidazole rings is 1. The highest BCUT2D eigenvalue weighted by atomic mass is 16.4. The van der Waals surface area contributed by atoms with Gasteiger partial charge in [0.1, 0.15) is 11.9 Å². The van der Waals surface area contributed by atoms with Crippen LogP contribution in [0.1, 0.15) is 25.7 Å². The van der Waals surface area contributed by atoms with Crippen LogP contribution < -0.4 is 11.5 Å². The number of carboxylic acid groups (broad SMARTS) is 1. The van der Waals surface area contributed by atoms with Crippen molar-refractivity contribution >= 4 is 5.97 Å². The summed E-state index contributed by atoms with van der Waals surface area (Å²) in [6.45, 7) is 3.34. The molecule has 6 nitrogen and oxygen atoms in total. The third-order valence-electron chi connectivity index (χ3n) is 1.66. The van der Waals surface area contributed by atoms with Crippen molar-refractivity contribution in [3.8, 4) is 0 Å². The second-order valence-electron chi connectivity index (χ2n) is 3.31. The van der Waals surface area contributed by atoms with Gasteiger partial charge in [-0.25, -0.2) is 4.98 Å². The van der Waals surface area contributed by atoms with E-state index >= 15 is 0 Å². The van der Waals surface area contributed by atoms with E-state index in [0.29, 0.717) is 0 Å². The van der Waals surface area contributed by atoms with Gasteiger partial charge in [-0.1, -0.05) is 0 Å². The molecule has 0 saturated heterocycles. The van der Waals surface area contributed by atoms with E-state index < -0.39 is 12.0 Å². The van der Waals surface area contributed by atoms with Gasteiger partial charge in [0, 0.05) is 19.4 Å². The Morgan fingerprint density at radius 1 is 1.53 bits per heavy atom. The average molecular weight is 214 g/mol. The van der Waals surface area contributed by atoms with Gasteiger partial charge in [0.25, 0.3) is 0 Å². The van der Waals surface area contributed by atoms with Gasteiger partial charge in [-0.15, -0.1) is 0 Å². The van der Waals surface area contributed by atoms with E-state index in [1.165, 1.54) is 6.92 Å². The summed E-state index contributed by atoms with van der Waals surface area (Å²) >= 11 is 0. The lowest BCUT2D eigenvalue weighted by molar-refractivity contribution is -0.138. The summed E-state index contributed by atoms with van der Waals surface area (Å²) in [6.07, 6.45) is 3.64. The first-order chi connectivity index (χ1) is 6.86. The molecule has 6 heteroatoms. The van der Waals surface area contributed by atoms with Crippen LogP contribution >= 0.6 is 0 Å². The van der Waals surface area contributed by atoms with Crippen LogP contribution in [0.2, 0.25) is 0 Å². The number of aliphatic carboxylic acids is 1. The van der Waals surface area contributed by atoms with Crippen LogP contribution in [0.5, 0.6) is 0 Å². The van der Waals surface area contributed by atoms with E-state index in [9.17, 15) is 4.79 Å². The lowest BCUT2D eigenvalue weighted by Crippen LogP contribution is -2.25. The van der Waals surface area contributed by atoms with Crippen molar-refractivity contribution in [3.63, 3.8) is 0 Å². The van der Waals surface area contributed by atoms with E-state index in [1.807, 2.05) is 24.7 Å². The van der Waals surface area contributed by atoms with Crippen molar-refractivity contribution in [2.75, 3.05) is 0 Å². The molecule has 0 aliphatic carbocycles. The number of hydrogen-bond donors (Lipinski definition) is 3. The highest BCUT2D eigenvalue weighted by Crippen LogP contribution is 2.02.